The molecule has 0 fully saturated rings. The molecule has 0 radical (unpaired) electrons. The van der Waals surface area contributed by atoms with Crippen LogP contribution < -0.4 is 5.32 Å². The van der Waals surface area contributed by atoms with Gasteiger partial charge in [-0.15, -0.1) is 11.3 Å². The third-order valence-corrected chi connectivity index (χ3v) is 3.94. The Bertz CT molecular complexity index is 581. The van der Waals surface area contributed by atoms with E-state index in [1.54, 1.807) is 12.1 Å². The lowest BCUT2D eigenvalue weighted by Crippen LogP contribution is -1.96. The summed E-state index contributed by atoms with van der Waals surface area (Å²) in [4.78, 5) is 16.0. The predicted molar refractivity (Wildman–Crippen MR) is 77.5 cm³/mol. The zero-order valence-electron chi connectivity index (χ0n) is 10.3. The van der Waals surface area contributed by atoms with Crippen LogP contribution in [0.4, 0.5) is 10.8 Å². The molecule has 0 saturated carbocycles. The third kappa shape index (κ3) is 3.94. The quantitative estimate of drug-likeness (QED) is 0.879. The molecule has 0 amide bonds. The summed E-state index contributed by atoms with van der Waals surface area (Å²) in [6, 6.07) is 7.34. The van der Waals surface area contributed by atoms with E-state index < -0.39 is 5.97 Å². The Morgan fingerprint density at radius 1 is 1.42 bits per heavy atom. The van der Waals surface area contributed by atoms with Crippen molar-refractivity contribution in [2.75, 3.05) is 5.32 Å². The molecule has 0 aliphatic rings. The number of carboxylic acids is 1. The van der Waals surface area contributed by atoms with Gasteiger partial charge in [0.2, 0.25) is 0 Å². The van der Waals surface area contributed by atoms with E-state index in [9.17, 15) is 4.79 Å². The lowest BCUT2D eigenvalue weighted by atomic mass is 10.2. The Morgan fingerprint density at radius 3 is 2.74 bits per heavy atom. The van der Waals surface area contributed by atoms with E-state index in [2.05, 4.69) is 10.3 Å². The molecular weight excluding hydrogens is 284 g/mol. The van der Waals surface area contributed by atoms with Crippen LogP contribution in [-0.2, 0) is 11.2 Å². The second-order valence-electron chi connectivity index (χ2n) is 4.05. The molecule has 1 heterocycles. The van der Waals surface area contributed by atoms with E-state index in [0.29, 0.717) is 11.4 Å². The van der Waals surface area contributed by atoms with Crippen molar-refractivity contribution in [1.82, 2.24) is 4.98 Å². The molecule has 0 saturated heterocycles. The molecule has 1 aromatic carbocycles. The lowest BCUT2D eigenvalue weighted by Gasteiger charge is -2.01. The number of nitrogens with one attached hydrogen (secondary N) is 1. The van der Waals surface area contributed by atoms with Crippen LogP contribution in [0.1, 0.15) is 17.0 Å². The van der Waals surface area contributed by atoms with Gasteiger partial charge in [0.05, 0.1) is 12.1 Å². The smallest absolute Gasteiger partial charge is 0.303 e. The summed E-state index contributed by atoms with van der Waals surface area (Å²) in [5.74, 6) is -0.792. The molecular formula is C13H13ClN2O2S. The van der Waals surface area contributed by atoms with Crippen LogP contribution in [0.25, 0.3) is 0 Å². The number of benzene rings is 1. The topological polar surface area (TPSA) is 62.2 Å². The molecule has 19 heavy (non-hydrogen) atoms. The maximum absolute atomic E-state index is 10.6. The molecule has 6 heteroatoms. The second kappa shape index (κ2) is 6.04. The SMILES string of the molecule is Cc1nc(Nc2ccc(Cl)cc2)sc1CCC(=O)O. The molecule has 100 valence electrons. The van der Waals surface area contributed by atoms with Gasteiger partial charge in [0.25, 0.3) is 0 Å². The van der Waals surface area contributed by atoms with Gasteiger partial charge in [-0.1, -0.05) is 11.6 Å². The monoisotopic (exact) mass is 296 g/mol. The van der Waals surface area contributed by atoms with E-state index in [1.807, 2.05) is 19.1 Å². The van der Waals surface area contributed by atoms with Gasteiger partial charge >= 0.3 is 5.97 Å². The minimum atomic E-state index is -0.792. The van der Waals surface area contributed by atoms with Crippen LogP contribution >= 0.6 is 22.9 Å². The maximum atomic E-state index is 10.6. The first-order valence-corrected chi connectivity index (χ1v) is 6.95. The molecule has 1 aromatic heterocycles. The largest absolute Gasteiger partial charge is 0.481 e. The fraction of sp³-hybridized carbons (Fsp3) is 0.231. The van der Waals surface area contributed by atoms with Crippen LogP contribution in [0, 0.1) is 6.92 Å². The van der Waals surface area contributed by atoms with Crippen molar-refractivity contribution in [3.8, 4) is 0 Å². The van der Waals surface area contributed by atoms with Crippen LogP contribution in [0.2, 0.25) is 5.02 Å². The minimum absolute atomic E-state index is 0.128. The van der Waals surface area contributed by atoms with Gasteiger partial charge in [0.1, 0.15) is 0 Å². The zero-order valence-corrected chi connectivity index (χ0v) is 11.9. The van der Waals surface area contributed by atoms with Gasteiger partial charge in [-0.3, -0.25) is 4.79 Å². The number of aliphatic carboxylic acids is 1. The van der Waals surface area contributed by atoms with Gasteiger partial charge in [-0.05, 0) is 37.6 Å². The van der Waals surface area contributed by atoms with E-state index in [-0.39, 0.29) is 6.42 Å². The summed E-state index contributed by atoms with van der Waals surface area (Å²) in [5, 5.41) is 13.3. The number of hydrogen-bond donors (Lipinski definition) is 2. The highest BCUT2D eigenvalue weighted by Gasteiger charge is 2.09. The normalized spacial score (nSPS) is 10.4. The molecule has 0 atom stereocenters. The van der Waals surface area contributed by atoms with Crippen molar-refractivity contribution in [1.29, 1.82) is 0 Å². The number of thiazole rings is 1. The van der Waals surface area contributed by atoms with E-state index in [4.69, 9.17) is 16.7 Å². The Kier molecular flexibility index (Phi) is 4.39. The molecule has 0 spiro atoms. The number of aromatic nitrogens is 1. The number of halogens is 1. The average Bonchev–Trinajstić information content (AvgIpc) is 2.70. The summed E-state index contributed by atoms with van der Waals surface area (Å²) in [7, 11) is 0. The summed E-state index contributed by atoms with van der Waals surface area (Å²) >= 11 is 7.30. The van der Waals surface area contributed by atoms with Crippen molar-refractivity contribution >= 4 is 39.7 Å². The summed E-state index contributed by atoms with van der Waals surface area (Å²) in [6.45, 7) is 1.89. The first-order valence-electron chi connectivity index (χ1n) is 5.75. The highest BCUT2D eigenvalue weighted by Crippen LogP contribution is 2.27. The number of aryl methyl sites for hydroxylation is 2. The number of nitrogens with zero attached hydrogens (tertiary/aromatic N) is 1. The molecule has 2 rings (SSSR count). The van der Waals surface area contributed by atoms with E-state index >= 15 is 0 Å². The molecule has 4 nitrogen and oxygen atoms in total. The molecule has 2 N–H and O–H groups in total. The average molecular weight is 297 g/mol. The maximum Gasteiger partial charge on any atom is 0.303 e. The van der Waals surface area contributed by atoms with Gasteiger partial charge in [0.15, 0.2) is 5.13 Å². The number of anilines is 2. The first-order chi connectivity index (χ1) is 9.04. The Hall–Kier alpha value is -1.59. The summed E-state index contributed by atoms with van der Waals surface area (Å²) in [6.07, 6.45) is 0.643. The van der Waals surface area contributed by atoms with E-state index in [1.165, 1.54) is 11.3 Å². The second-order valence-corrected chi connectivity index (χ2v) is 5.57. The molecule has 2 aromatic rings. The van der Waals surface area contributed by atoms with Crippen molar-refractivity contribution in [3.63, 3.8) is 0 Å². The zero-order chi connectivity index (χ0) is 13.8. The van der Waals surface area contributed by atoms with Crippen LogP contribution in [0.15, 0.2) is 24.3 Å². The third-order valence-electron chi connectivity index (χ3n) is 2.55. The summed E-state index contributed by atoms with van der Waals surface area (Å²) < 4.78 is 0. The van der Waals surface area contributed by atoms with Crippen molar-refractivity contribution < 1.29 is 9.90 Å². The fourth-order valence-corrected chi connectivity index (χ4v) is 2.70. The molecule has 0 aliphatic heterocycles. The van der Waals surface area contributed by atoms with Gasteiger partial charge in [-0.2, -0.15) is 0 Å². The minimum Gasteiger partial charge on any atom is -0.481 e. The Morgan fingerprint density at radius 2 is 2.11 bits per heavy atom. The molecule has 0 bridgehead atoms. The van der Waals surface area contributed by atoms with Gasteiger partial charge in [-0.25, -0.2) is 4.98 Å². The highest BCUT2D eigenvalue weighted by atomic mass is 35.5. The number of carbonyl (C=O) groups is 1. The van der Waals surface area contributed by atoms with Crippen molar-refractivity contribution in [2.45, 2.75) is 19.8 Å². The Labute approximate surface area is 120 Å². The number of hydrogen-bond acceptors (Lipinski definition) is 4. The Balaban J connectivity index is 2.07. The van der Waals surface area contributed by atoms with Crippen LogP contribution in [0.5, 0.6) is 0 Å². The summed E-state index contributed by atoms with van der Waals surface area (Å²) in [5.41, 5.74) is 1.78. The van der Waals surface area contributed by atoms with Gasteiger partial charge in [0, 0.05) is 15.6 Å². The fourth-order valence-electron chi connectivity index (χ4n) is 1.59. The first kappa shape index (κ1) is 13.8. The standard InChI is InChI=1S/C13H13ClN2O2S/c1-8-11(6-7-12(17)18)19-13(15-8)16-10-4-2-9(14)3-5-10/h2-5H,6-7H2,1H3,(H,15,16)(H,17,18). The van der Waals surface area contributed by atoms with Crippen LogP contribution in [-0.4, -0.2) is 16.1 Å². The van der Waals surface area contributed by atoms with Crippen molar-refractivity contribution in [2.24, 2.45) is 0 Å². The highest BCUT2D eigenvalue weighted by molar-refractivity contribution is 7.15. The number of rotatable bonds is 5. The molecule has 0 aliphatic carbocycles. The van der Waals surface area contributed by atoms with Crippen LogP contribution in [0.3, 0.4) is 0 Å². The lowest BCUT2D eigenvalue weighted by molar-refractivity contribution is -0.136. The predicted octanol–water partition coefficient (Wildman–Crippen LogP) is 3.87. The van der Waals surface area contributed by atoms with Crippen molar-refractivity contribution in [3.05, 3.63) is 39.9 Å². The molecule has 0 unspecified atom stereocenters. The van der Waals surface area contributed by atoms with E-state index in [0.717, 1.165) is 21.4 Å². The van der Waals surface area contributed by atoms with Gasteiger partial charge < -0.3 is 10.4 Å². The number of carboxylic acid groups (broad SMARTS) is 1.